The van der Waals surface area contributed by atoms with Crippen molar-refractivity contribution in [1.82, 2.24) is 4.90 Å². The van der Waals surface area contributed by atoms with Gasteiger partial charge in [0.05, 0.1) is 5.56 Å². The Morgan fingerprint density at radius 3 is 2.83 bits per heavy atom. The summed E-state index contributed by atoms with van der Waals surface area (Å²) in [5.74, 6) is 0.457. The average Bonchev–Trinajstić information content (AvgIpc) is 2.51. The van der Waals surface area contributed by atoms with E-state index in [0.29, 0.717) is 23.0 Å². The zero-order valence-electron chi connectivity index (χ0n) is 10.4. The van der Waals surface area contributed by atoms with Crippen LogP contribution < -0.4 is 4.74 Å². The number of carbonyl (C=O) groups is 1. The van der Waals surface area contributed by atoms with Crippen LogP contribution >= 0.6 is 11.6 Å². The molecule has 1 aromatic rings. The topological polar surface area (TPSA) is 29.5 Å². The molecule has 4 heteroatoms. The molecule has 18 heavy (non-hydrogen) atoms. The monoisotopic (exact) mass is 265 g/mol. The maximum Gasteiger partial charge on any atom is 0.262 e. The van der Waals surface area contributed by atoms with Crippen LogP contribution in [0, 0.1) is 0 Å². The second-order valence-corrected chi connectivity index (χ2v) is 4.61. The fraction of sp³-hybridized carbons (Fsp3) is 0.357. The van der Waals surface area contributed by atoms with Crippen molar-refractivity contribution < 1.29 is 9.53 Å². The van der Waals surface area contributed by atoms with Gasteiger partial charge in [-0.3, -0.25) is 9.69 Å². The molecular weight excluding hydrogens is 250 g/mol. The van der Waals surface area contributed by atoms with Crippen LogP contribution in [0.5, 0.6) is 5.75 Å². The summed E-state index contributed by atoms with van der Waals surface area (Å²) >= 11 is 6.09. The standard InChI is InChI=1S/C14H16ClNO2/c1-2-3-6-9-16-13(15)10-18-12-8-5-4-7-11(12)14(16)17/h4-5,7-8,10H,2-3,6,9H2,1H3. The molecule has 0 radical (unpaired) electrons. The van der Waals surface area contributed by atoms with Crippen LogP contribution in [-0.4, -0.2) is 17.4 Å². The lowest BCUT2D eigenvalue weighted by atomic mass is 10.1. The van der Waals surface area contributed by atoms with Gasteiger partial charge in [-0.05, 0) is 18.6 Å². The summed E-state index contributed by atoms with van der Waals surface area (Å²) in [5.41, 5.74) is 0.556. The highest BCUT2D eigenvalue weighted by Crippen LogP contribution is 2.27. The van der Waals surface area contributed by atoms with Crippen molar-refractivity contribution in [1.29, 1.82) is 0 Å². The fourth-order valence-electron chi connectivity index (χ4n) is 1.89. The Balaban J connectivity index is 2.22. The maximum absolute atomic E-state index is 12.4. The number of amides is 1. The molecule has 0 unspecified atom stereocenters. The van der Waals surface area contributed by atoms with E-state index in [2.05, 4.69) is 6.92 Å². The van der Waals surface area contributed by atoms with Gasteiger partial charge in [-0.1, -0.05) is 43.5 Å². The number of rotatable bonds is 4. The predicted octanol–water partition coefficient (Wildman–Crippen LogP) is 3.75. The lowest BCUT2D eigenvalue weighted by Crippen LogP contribution is -2.28. The first-order valence-electron chi connectivity index (χ1n) is 6.17. The van der Waals surface area contributed by atoms with Crippen LogP contribution in [0.2, 0.25) is 0 Å². The van der Waals surface area contributed by atoms with Crippen LogP contribution in [0.25, 0.3) is 0 Å². The summed E-state index contributed by atoms with van der Waals surface area (Å²) in [6, 6.07) is 7.18. The van der Waals surface area contributed by atoms with Crippen LogP contribution in [0.4, 0.5) is 0 Å². The second-order valence-electron chi connectivity index (χ2n) is 4.22. The number of benzene rings is 1. The Morgan fingerprint density at radius 2 is 2.06 bits per heavy atom. The third-order valence-corrected chi connectivity index (χ3v) is 3.18. The first-order chi connectivity index (χ1) is 8.74. The molecule has 1 heterocycles. The number of hydrogen-bond donors (Lipinski definition) is 0. The summed E-state index contributed by atoms with van der Waals surface area (Å²) in [5, 5.41) is 0.340. The SMILES string of the molecule is CCCCCN1C(=O)c2ccccc2OC=C1Cl. The molecule has 0 aromatic heterocycles. The van der Waals surface area contributed by atoms with Gasteiger partial charge in [0.1, 0.15) is 17.2 Å². The zero-order chi connectivity index (χ0) is 13.0. The Morgan fingerprint density at radius 1 is 1.28 bits per heavy atom. The Labute approximate surface area is 112 Å². The van der Waals surface area contributed by atoms with E-state index >= 15 is 0 Å². The van der Waals surface area contributed by atoms with E-state index in [0.717, 1.165) is 19.3 Å². The lowest BCUT2D eigenvalue weighted by Gasteiger charge is -2.19. The first kappa shape index (κ1) is 13.0. The van der Waals surface area contributed by atoms with E-state index in [9.17, 15) is 4.79 Å². The number of hydrogen-bond acceptors (Lipinski definition) is 2. The molecule has 3 nitrogen and oxygen atoms in total. The summed E-state index contributed by atoms with van der Waals surface area (Å²) in [6.07, 6.45) is 4.55. The fourth-order valence-corrected chi connectivity index (χ4v) is 2.10. The number of ether oxygens (including phenoxy) is 1. The molecule has 0 bridgehead atoms. The van der Waals surface area contributed by atoms with Crippen molar-refractivity contribution in [3.63, 3.8) is 0 Å². The van der Waals surface area contributed by atoms with Gasteiger partial charge in [0.2, 0.25) is 0 Å². The normalized spacial score (nSPS) is 14.7. The minimum Gasteiger partial charge on any atom is -0.461 e. The average molecular weight is 266 g/mol. The molecule has 0 saturated heterocycles. The molecule has 0 N–H and O–H groups in total. The van der Waals surface area contributed by atoms with Crippen molar-refractivity contribution in [3.8, 4) is 5.75 Å². The molecule has 0 aliphatic carbocycles. The van der Waals surface area contributed by atoms with Crippen molar-refractivity contribution in [2.45, 2.75) is 26.2 Å². The van der Waals surface area contributed by atoms with Gasteiger partial charge in [-0.2, -0.15) is 0 Å². The number of nitrogens with zero attached hydrogens (tertiary/aromatic N) is 1. The first-order valence-corrected chi connectivity index (χ1v) is 6.55. The highest BCUT2D eigenvalue weighted by Gasteiger charge is 2.24. The van der Waals surface area contributed by atoms with Crippen LogP contribution in [0.3, 0.4) is 0 Å². The molecular formula is C14H16ClNO2. The molecule has 96 valence electrons. The van der Waals surface area contributed by atoms with Crippen molar-refractivity contribution >= 4 is 17.5 Å². The van der Waals surface area contributed by atoms with Gasteiger partial charge >= 0.3 is 0 Å². The van der Waals surface area contributed by atoms with E-state index in [1.54, 1.807) is 17.0 Å². The third-order valence-electron chi connectivity index (χ3n) is 2.89. The number of carbonyl (C=O) groups excluding carboxylic acids is 1. The zero-order valence-corrected chi connectivity index (χ0v) is 11.1. The molecule has 0 atom stereocenters. The molecule has 1 amide bonds. The number of halogens is 1. The minimum atomic E-state index is -0.0968. The van der Waals surface area contributed by atoms with Gasteiger partial charge in [0.25, 0.3) is 5.91 Å². The molecule has 0 spiro atoms. The van der Waals surface area contributed by atoms with Crippen molar-refractivity contribution in [2.24, 2.45) is 0 Å². The van der Waals surface area contributed by atoms with E-state index in [1.807, 2.05) is 12.1 Å². The quantitative estimate of drug-likeness (QED) is 0.613. The maximum atomic E-state index is 12.4. The summed E-state index contributed by atoms with van der Waals surface area (Å²) in [4.78, 5) is 13.9. The van der Waals surface area contributed by atoms with Crippen LogP contribution in [0.15, 0.2) is 35.7 Å². The molecule has 1 aliphatic heterocycles. The summed E-state index contributed by atoms with van der Waals surface area (Å²) in [6.45, 7) is 2.75. The summed E-state index contributed by atoms with van der Waals surface area (Å²) < 4.78 is 5.41. The molecule has 1 aromatic carbocycles. The number of para-hydroxylation sites is 1. The highest BCUT2D eigenvalue weighted by atomic mass is 35.5. The van der Waals surface area contributed by atoms with Gasteiger partial charge in [0.15, 0.2) is 0 Å². The number of fused-ring (bicyclic) bond motifs is 1. The molecule has 2 rings (SSSR count). The van der Waals surface area contributed by atoms with E-state index in [4.69, 9.17) is 16.3 Å². The Kier molecular flexibility index (Phi) is 4.26. The van der Waals surface area contributed by atoms with E-state index in [-0.39, 0.29) is 5.91 Å². The molecule has 1 aliphatic rings. The van der Waals surface area contributed by atoms with Crippen LogP contribution in [0.1, 0.15) is 36.5 Å². The van der Waals surface area contributed by atoms with E-state index < -0.39 is 0 Å². The minimum absolute atomic E-state index is 0.0968. The number of unbranched alkanes of at least 4 members (excludes halogenated alkanes) is 2. The molecule has 0 fully saturated rings. The Hall–Kier alpha value is -1.48. The van der Waals surface area contributed by atoms with Crippen molar-refractivity contribution in [3.05, 3.63) is 41.2 Å². The third kappa shape index (κ3) is 2.67. The van der Waals surface area contributed by atoms with Gasteiger partial charge in [-0.25, -0.2) is 0 Å². The second kappa shape index (κ2) is 5.91. The van der Waals surface area contributed by atoms with Gasteiger partial charge in [-0.15, -0.1) is 0 Å². The van der Waals surface area contributed by atoms with Crippen LogP contribution in [-0.2, 0) is 0 Å². The Bertz CT molecular complexity index is 471. The van der Waals surface area contributed by atoms with E-state index in [1.165, 1.54) is 6.26 Å². The van der Waals surface area contributed by atoms with Gasteiger partial charge < -0.3 is 4.74 Å². The smallest absolute Gasteiger partial charge is 0.262 e. The predicted molar refractivity (Wildman–Crippen MR) is 71.6 cm³/mol. The highest BCUT2D eigenvalue weighted by molar-refractivity contribution is 6.30. The van der Waals surface area contributed by atoms with Crippen molar-refractivity contribution in [2.75, 3.05) is 6.54 Å². The largest absolute Gasteiger partial charge is 0.461 e. The molecule has 0 saturated carbocycles. The lowest BCUT2D eigenvalue weighted by molar-refractivity contribution is 0.0816. The summed E-state index contributed by atoms with van der Waals surface area (Å²) in [7, 11) is 0. The van der Waals surface area contributed by atoms with Gasteiger partial charge in [0, 0.05) is 6.54 Å².